The molecule has 0 radical (unpaired) electrons. The van der Waals surface area contributed by atoms with Crippen molar-refractivity contribution in [3.8, 4) is 11.5 Å². The minimum Gasteiger partial charge on any atom is -0.494 e. The number of unbranched alkanes of at least 4 members (excludes halogenated alkanes) is 2. The van der Waals surface area contributed by atoms with Gasteiger partial charge in [-0.3, -0.25) is 9.59 Å². The van der Waals surface area contributed by atoms with Gasteiger partial charge in [0.15, 0.2) is 0 Å². The average Bonchev–Trinajstić information content (AvgIpc) is 2.78. The van der Waals surface area contributed by atoms with E-state index in [1.54, 1.807) is 17.4 Å². The maximum absolute atomic E-state index is 12.5. The summed E-state index contributed by atoms with van der Waals surface area (Å²) in [4.78, 5) is 24.2. The third kappa shape index (κ3) is 9.45. The van der Waals surface area contributed by atoms with E-state index in [0.717, 1.165) is 23.6 Å². The third-order valence-corrected chi connectivity index (χ3v) is 4.78. The zero-order valence-corrected chi connectivity index (χ0v) is 18.3. The normalized spacial score (nSPS) is 12.0. The van der Waals surface area contributed by atoms with Crippen molar-refractivity contribution in [3.05, 3.63) is 46.8 Å². The molecule has 2 rings (SSSR count). The summed E-state index contributed by atoms with van der Waals surface area (Å²) in [6.45, 7) is 0.107. The van der Waals surface area contributed by atoms with Crippen molar-refractivity contribution in [1.29, 1.82) is 0 Å². The molecular weight excluding hydrogens is 457 g/mol. The van der Waals surface area contributed by atoms with E-state index in [4.69, 9.17) is 20.1 Å². The van der Waals surface area contributed by atoms with Crippen molar-refractivity contribution < 1.29 is 37.3 Å². The van der Waals surface area contributed by atoms with Crippen LogP contribution in [-0.4, -0.2) is 49.0 Å². The van der Waals surface area contributed by atoms with Gasteiger partial charge in [0.1, 0.15) is 11.5 Å². The lowest BCUT2D eigenvalue weighted by molar-refractivity contribution is -0.174. The Morgan fingerprint density at radius 3 is 2.26 bits per heavy atom. The van der Waals surface area contributed by atoms with Crippen LogP contribution in [0.15, 0.2) is 41.5 Å². The van der Waals surface area contributed by atoms with Crippen molar-refractivity contribution in [3.63, 3.8) is 0 Å². The van der Waals surface area contributed by atoms with Gasteiger partial charge in [-0.2, -0.15) is 13.2 Å². The molecule has 1 amide bonds. The van der Waals surface area contributed by atoms with Gasteiger partial charge in [0, 0.05) is 30.3 Å². The van der Waals surface area contributed by atoms with Crippen molar-refractivity contribution in [2.75, 3.05) is 19.8 Å². The fourth-order valence-corrected chi connectivity index (χ4v) is 3.06. The number of rotatable bonds is 14. The van der Waals surface area contributed by atoms with Gasteiger partial charge in [-0.15, -0.1) is 0 Å². The van der Waals surface area contributed by atoms with Crippen LogP contribution in [0.1, 0.15) is 32.1 Å². The highest BCUT2D eigenvalue weighted by Crippen LogP contribution is 2.25. The van der Waals surface area contributed by atoms with Gasteiger partial charge >= 0.3 is 18.1 Å². The third-order valence-electron chi connectivity index (χ3n) is 4.78. The smallest absolute Gasteiger partial charge is 0.471 e. The van der Waals surface area contributed by atoms with E-state index in [9.17, 15) is 22.8 Å². The van der Waals surface area contributed by atoms with Gasteiger partial charge in [-0.05, 0) is 59.8 Å². The van der Waals surface area contributed by atoms with Crippen LogP contribution in [-0.2, 0) is 9.59 Å². The maximum Gasteiger partial charge on any atom is 0.471 e. The number of carbonyl (C=O) groups excluding carboxylic acids is 1. The second-order valence-corrected chi connectivity index (χ2v) is 7.44. The number of ether oxygens (including phenoxy) is 2. The zero-order valence-electron chi connectivity index (χ0n) is 18.3. The summed E-state index contributed by atoms with van der Waals surface area (Å²) in [5, 5.41) is 15.4. The first-order chi connectivity index (χ1) is 16.2. The van der Waals surface area contributed by atoms with E-state index < -0.39 is 24.1 Å². The fourth-order valence-electron chi connectivity index (χ4n) is 3.06. The molecule has 0 bridgehead atoms. The highest BCUT2D eigenvalue weighted by atomic mass is 19.4. The number of carbonyl (C=O) groups is 2. The van der Waals surface area contributed by atoms with Crippen molar-refractivity contribution >= 4 is 22.6 Å². The predicted octanol–water partition coefficient (Wildman–Crippen LogP) is 4.99. The van der Waals surface area contributed by atoms with Crippen molar-refractivity contribution in [2.45, 2.75) is 44.3 Å². The molecule has 0 heterocycles. The summed E-state index contributed by atoms with van der Waals surface area (Å²) in [7, 11) is 0. The Balaban J connectivity index is 1.90. The van der Waals surface area contributed by atoms with E-state index in [-0.39, 0.29) is 26.0 Å². The van der Waals surface area contributed by atoms with Crippen LogP contribution in [0.3, 0.4) is 0 Å². The van der Waals surface area contributed by atoms with Crippen LogP contribution in [0.5, 0.6) is 11.5 Å². The summed E-state index contributed by atoms with van der Waals surface area (Å²) in [5.74, 6) is -1.80. The second-order valence-electron chi connectivity index (χ2n) is 7.44. The van der Waals surface area contributed by atoms with E-state index >= 15 is 0 Å². The van der Waals surface area contributed by atoms with E-state index in [1.807, 2.05) is 24.3 Å². The molecule has 184 valence electrons. The summed E-state index contributed by atoms with van der Waals surface area (Å²) in [5.41, 5.74) is 8.41. The van der Waals surface area contributed by atoms with Gasteiger partial charge in [0.25, 0.3) is 0 Å². The highest BCUT2D eigenvalue weighted by Gasteiger charge is 2.39. The largest absolute Gasteiger partial charge is 0.494 e. The molecule has 0 saturated carbocycles. The number of alkyl halides is 3. The number of azide groups is 1. The van der Waals surface area contributed by atoms with E-state index in [1.165, 1.54) is 0 Å². The van der Waals surface area contributed by atoms with Crippen molar-refractivity contribution in [1.82, 2.24) is 5.32 Å². The van der Waals surface area contributed by atoms with Gasteiger partial charge in [-0.1, -0.05) is 17.2 Å². The summed E-state index contributed by atoms with van der Waals surface area (Å²) < 4.78 is 48.8. The molecule has 9 nitrogen and oxygen atoms in total. The minimum atomic E-state index is -5.04. The van der Waals surface area contributed by atoms with E-state index in [2.05, 4.69) is 10.0 Å². The quantitative estimate of drug-likeness (QED) is 0.169. The fraction of sp³-hybridized carbons (Fsp3) is 0.455. The molecule has 0 aliphatic carbocycles. The molecular formula is C22H25F3N4O5. The number of aliphatic carboxylic acids is 1. The summed E-state index contributed by atoms with van der Waals surface area (Å²) in [6.07, 6.45) is -2.81. The number of amides is 1. The molecule has 0 aliphatic heterocycles. The molecule has 34 heavy (non-hydrogen) atoms. The second kappa shape index (κ2) is 13.1. The molecule has 0 aromatic heterocycles. The first-order valence-electron chi connectivity index (χ1n) is 10.6. The molecule has 0 unspecified atom stereocenters. The average molecular weight is 482 g/mol. The number of nitrogens with zero attached hydrogens (tertiary/aromatic N) is 3. The molecule has 0 fully saturated rings. The van der Waals surface area contributed by atoms with Crippen LogP contribution in [0, 0.1) is 0 Å². The Bertz CT molecular complexity index is 1030. The van der Waals surface area contributed by atoms with Gasteiger partial charge in [-0.25, -0.2) is 0 Å². The molecule has 2 N–H and O–H groups in total. The van der Waals surface area contributed by atoms with Crippen LogP contribution in [0.25, 0.3) is 21.2 Å². The lowest BCUT2D eigenvalue weighted by Gasteiger charge is -2.18. The lowest BCUT2D eigenvalue weighted by atomic mass is 10.1. The molecule has 2 aromatic rings. The van der Waals surface area contributed by atoms with Gasteiger partial charge in [0.05, 0.1) is 13.2 Å². The van der Waals surface area contributed by atoms with Gasteiger partial charge in [0.2, 0.25) is 0 Å². The number of hydrogen-bond acceptors (Lipinski definition) is 5. The number of nitrogens with one attached hydrogen (secondary N) is 1. The Hall–Kier alpha value is -3.66. The number of carboxylic acid groups (broad SMARTS) is 1. The molecule has 12 heteroatoms. The summed E-state index contributed by atoms with van der Waals surface area (Å²) in [6, 6.07) is 9.79. The number of carboxylic acids is 1. The van der Waals surface area contributed by atoms with Crippen LogP contribution in [0.2, 0.25) is 0 Å². The van der Waals surface area contributed by atoms with Gasteiger partial charge < -0.3 is 19.9 Å². The zero-order chi connectivity index (χ0) is 25.0. The molecule has 1 atom stereocenters. The number of halogens is 3. The Morgan fingerprint density at radius 1 is 1.03 bits per heavy atom. The molecule has 2 aromatic carbocycles. The van der Waals surface area contributed by atoms with Crippen LogP contribution >= 0.6 is 0 Å². The first-order valence-corrected chi connectivity index (χ1v) is 10.6. The van der Waals surface area contributed by atoms with E-state index in [0.29, 0.717) is 24.5 Å². The minimum absolute atomic E-state index is 0.00388. The summed E-state index contributed by atoms with van der Waals surface area (Å²) >= 11 is 0. The number of benzene rings is 2. The topological polar surface area (TPSA) is 134 Å². The lowest BCUT2D eigenvalue weighted by Crippen LogP contribution is -2.45. The van der Waals surface area contributed by atoms with Crippen LogP contribution in [0.4, 0.5) is 13.2 Å². The monoisotopic (exact) mass is 482 g/mol. The Labute approximate surface area is 193 Å². The van der Waals surface area contributed by atoms with Crippen molar-refractivity contribution in [2.24, 2.45) is 5.11 Å². The molecule has 0 aliphatic rings. The maximum atomic E-state index is 12.5. The Morgan fingerprint density at radius 2 is 1.68 bits per heavy atom. The standard InChI is InChI=1S/C22H25F3N4O5/c23-22(24,25)21(32)28-17(14-27-29-26)9-11-34-19-8-6-15-5-7-18(12-16(15)13-19)33-10-3-1-2-4-20(30)31/h5-8,12-13,17H,1-4,9-11,14H2,(H,28,32)(H,30,31)/t17-/m1/s1. The molecule has 0 saturated heterocycles. The molecule has 0 spiro atoms. The number of hydrogen-bond donors (Lipinski definition) is 2. The SMILES string of the molecule is [N-]=[N+]=NC[C@@H](CCOc1ccc2ccc(OCCCCCC(=O)O)cc2c1)NC(=O)C(F)(F)F. The predicted molar refractivity (Wildman–Crippen MR) is 118 cm³/mol. The van der Waals surface area contributed by atoms with Crippen LogP contribution < -0.4 is 14.8 Å². The Kier molecular flexibility index (Phi) is 10.3. The first kappa shape index (κ1) is 26.6. The number of fused-ring (bicyclic) bond motifs is 1. The highest BCUT2D eigenvalue weighted by molar-refractivity contribution is 5.85.